The number of hydrogen-bond acceptors (Lipinski definition) is 26. The maximum atomic E-state index is 15.1. The molecule has 710 valence electrons. The van der Waals surface area contributed by atoms with Crippen molar-refractivity contribution in [2.75, 3.05) is 56.0 Å². The second kappa shape index (κ2) is 60.0. The van der Waals surface area contributed by atoms with Gasteiger partial charge in [0.25, 0.3) is 0 Å². The number of hydrogen-bond donors (Lipinski definition) is 24. The predicted molar refractivity (Wildman–Crippen MR) is 479 cm³/mol. The number of unbranched alkanes of at least 4 members (excludes halogenated alkanes) is 2. The van der Waals surface area contributed by atoms with Gasteiger partial charge in [0.15, 0.2) is 0 Å². The van der Waals surface area contributed by atoms with E-state index in [9.17, 15) is 92.0 Å². The minimum absolute atomic E-state index is 0.0417. The normalized spacial score (nSPS) is 15.2. The molecule has 0 fully saturated rings. The van der Waals surface area contributed by atoms with E-state index in [4.69, 9.17) is 22.9 Å². The lowest BCUT2D eigenvalue weighted by atomic mass is 9.96. The molecule has 0 saturated carbocycles. The molecule has 27 N–H and O–H groups in total. The van der Waals surface area contributed by atoms with Gasteiger partial charge < -0.3 is 123 Å². The summed E-state index contributed by atoms with van der Waals surface area (Å²) in [6.07, 6.45) is 6.75. The number of phenolic OH excluding ortho intramolecular Hbond substituents is 1. The van der Waals surface area contributed by atoms with Gasteiger partial charge in [0.1, 0.15) is 90.3 Å². The molecule has 126 heavy (non-hydrogen) atoms. The number of carbonyl (C=O) groups is 17. The third-order valence-electron chi connectivity index (χ3n) is 20.0. The number of nitrogens with two attached hydrogens (primary N) is 4. The molecule has 0 aliphatic carbocycles. The summed E-state index contributed by atoms with van der Waals surface area (Å²) in [4.78, 5) is 243. The van der Waals surface area contributed by atoms with Crippen molar-refractivity contribution < 1.29 is 96.8 Å². The molecule has 0 spiro atoms. The van der Waals surface area contributed by atoms with Crippen LogP contribution in [-0.2, 0) is 94.3 Å². The predicted octanol–water partition coefficient (Wildman–Crippen LogP) is -2.97. The molecule has 2 aromatic rings. The molecule has 0 aliphatic heterocycles. The topological polar surface area (TPSA) is 664 Å². The van der Waals surface area contributed by atoms with E-state index < -0.39 is 217 Å². The Kier molecular flexibility index (Phi) is 53.4. The molecule has 16 atom stereocenters. The van der Waals surface area contributed by atoms with Crippen LogP contribution in [-0.4, -0.2) is 272 Å². The van der Waals surface area contributed by atoms with E-state index in [2.05, 4.69) is 102 Å². The fraction of sp³-hybridized carbons (Fsp3) is 0.683. The number of primary amides is 1. The maximum absolute atomic E-state index is 15.1. The van der Waals surface area contributed by atoms with Crippen LogP contribution in [0.1, 0.15) is 177 Å². The Morgan fingerprint density at radius 2 is 0.849 bits per heavy atom. The number of H-pyrrole nitrogens is 1. The number of aromatic hydroxyl groups is 1. The van der Waals surface area contributed by atoms with Crippen molar-refractivity contribution in [3.63, 3.8) is 0 Å². The van der Waals surface area contributed by atoms with Gasteiger partial charge in [0.2, 0.25) is 94.5 Å². The third-order valence-corrected chi connectivity index (χ3v) is 21.6. The van der Waals surface area contributed by atoms with Crippen LogP contribution in [0.25, 0.3) is 0 Å². The molecule has 44 heteroatoms. The highest BCUT2D eigenvalue weighted by Gasteiger charge is 2.40. The number of amides is 16. The summed E-state index contributed by atoms with van der Waals surface area (Å²) in [6, 6.07) is -15.5. The third kappa shape index (κ3) is 43.1. The van der Waals surface area contributed by atoms with Crippen molar-refractivity contribution in [3.05, 3.63) is 48.0 Å². The number of aromatic nitrogens is 2. The second-order valence-corrected chi connectivity index (χ2v) is 35.2. The van der Waals surface area contributed by atoms with Gasteiger partial charge >= 0.3 is 5.97 Å². The zero-order chi connectivity index (χ0) is 95.0. The quantitative estimate of drug-likeness (QED) is 0.0232. The number of carboxylic acid groups (broad SMARTS) is 1. The van der Waals surface area contributed by atoms with Crippen LogP contribution < -0.4 is 103 Å². The highest BCUT2D eigenvalue weighted by atomic mass is 32.2. The van der Waals surface area contributed by atoms with Crippen LogP contribution in [0.3, 0.4) is 0 Å². The largest absolute Gasteiger partial charge is 0.508 e. The maximum Gasteiger partial charge on any atom is 0.326 e. The van der Waals surface area contributed by atoms with Gasteiger partial charge in [-0.3, -0.25) is 76.7 Å². The number of rotatable bonds is 63. The number of carboxylic acids is 1. The van der Waals surface area contributed by atoms with E-state index in [0.29, 0.717) is 49.2 Å². The molecule has 0 aliphatic rings. The Morgan fingerprint density at radius 1 is 0.452 bits per heavy atom. The fourth-order valence-electron chi connectivity index (χ4n) is 12.8. The van der Waals surface area contributed by atoms with Gasteiger partial charge in [-0.25, -0.2) is 9.78 Å². The summed E-state index contributed by atoms with van der Waals surface area (Å²) in [7, 11) is 0. The van der Waals surface area contributed by atoms with Gasteiger partial charge in [-0.05, 0) is 168 Å². The van der Waals surface area contributed by atoms with E-state index in [1.165, 1.54) is 67.2 Å². The van der Waals surface area contributed by atoms with Crippen molar-refractivity contribution in [3.8, 4) is 5.75 Å². The van der Waals surface area contributed by atoms with E-state index >= 15 is 4.79 Å². The monoisotopic (exact) mass is 1830 g/mol. The number of aliphatic carboxylic acids is 1. The number of nitrogens with zero attached hydrogens (tertiary/aromatic N) is 1. The van der Waals surface area contributed by atoms with Crippen molar-refractivity contribution in [1.29, 1.82) is 0 Å². The first kappa shape index (κ1) is 112. The number of benzene rings is 1. The Bertz CT molecular complexity index is 3830. The van der Waals surface area contributed by atoms with Gasteiger partial charge in [-0.1, -0.05) is 87.8 Å². The zero-order valence-electron chi connectivity index (χ0n) is 74.6. The number of thioether (sulfide) groups is 2. The number of carbonyl (C=O) groups excluding carboxylic acids is 16. The van der Waals surface area contributed by atoms with Gasteiger partial charge in [0, 0.05) is 30.5 Å². The summed E-state index contributed by atoms with van der Waals surface area (Å²) in [5, 5.41) is 68.8. The fourth-order valence-corrected chi connectivity index (χ4v) is 14.0. The minimum Gasteiger partial charge on any atom is -0.508 e. The standard InChI is InChI=1S/C82H139N21O20S3/c1-14-47(10)67(81(121)102-64(41-124)80(120)97-57(32-44(4)5)74(114)90-48(11)68(108)95-58(33-45(6)7)75(115)94-56(82(122)123)26-30-126-13)103-79(119)59(34-46(8)9)96-77(117)61(36-50-38-87-42-89-50)99-76(116)60(35-49-21-23-51(105)24-22-49)98-71(111)54(20-16-18-28-84)93-78(118)62(37-65(86)106)100-73(113)55(25-29-125-12)91-66(107)39-88-70(110)63(40-104)101-72(112)53(19-15-17-27-83)92-69(109)52(85)31-43(2)3/h21-24,38,42-48,52-64,67,104-105,124H,14-20,25-37,39-41,83-85H2,1-13H3,(H2,86,106)(H,87,89)(H,88,110)(H,90,114)(H,91,107)(H,92,109)(H,93,118)(H,94,115)(H,95,108)(H,96,117)(H,97,120)(H,98,111)(H,99,116)(H,100,113)(H,101,112)(H,102,121)(H,103,119)(H,122,123)/t47-,48-,52-,53-,54-,55-,56-,57-,58-,59-,60-,61-,62-,63-,64-,67-/m0/s1. The number of phenols is 1. The highest BCUT2D eigenvalue weighted by Crippen LogP contribution is 2.18. The van der Waals surface area contributed by atoms with Crippen LogP contribution in [0.2, 0.25) is 0 Å². The summed E-state index contributed by atoms with van der Waals surface area (Å²) >= 11 is 7.03. The van der Waals surface area contributed by atoms with Gasteiger partial charge in [-0.15, -0.1) is 0 Å². The second-order valence-electron chi connectivity index (χ2n) is 32.9. The van der Waals surface area contributed by atoms with Crippen molar-refractivity contribution in [2.24, 2.45) is 52.5 Å². The number of thiol groups is 1. The molecule has 2 rings (SSSR count). The molecule has 16 amide bonds. The molecule has 0 bridgehead atoms. The van der Waals surface area contributed by atoms with Crippen molar-refractivity contribution in [2.45, 2.75) is 270 Å². The summed E-state index contributed by atoms with van der Waals surface area (Å²) in [5.74, 6) is -16.8. The molecule has 41 nitrogen and oxygen atoms in total. The van der Waals surface area contributed by atoms with Crippen LogP contribution in [0.15, 0.2) is 36.8 Å². The minimum atomic E-state index is -1.82. The first-order chi connectivity index (χ1) is 59.5. The summed E-state index contributed by atoms with van der Waals surface area (Å²) in [5.41, 5.74) is 23.9. The lowest BCUT2D eigenvalue weighted by molar-refractivity contribution is -0.142. The molecular formula is C82H139N21O20S3. The number of imidazole rings is 1. The summed E-state index contributed by atoms with van der Waals surface area (Å²) < 4.78 is 0. The Hall–Kier alpha value is -9.89. The van der Waals surface area contributed by atoms with Crippen molar-refractivity contribution in [1.82, 2.24) is 89.7 Å². The molecule has 1 aromatic heterocycles. The first-order valence-electron chi connectivity index (χ1n) is 42.6. The number of nitrogens with one attached hydrogen (secondary N) is 16. The average Bonchev–Trinajstić information content (AvgIpc) is 1.03. The molecular weight excluding hydrogens is 1700 g/mol. The van der Waals surface area contributed by atoms with Crippen LogP contribution in [0, 0.1) is 29.6 Å². The SMILES string of the molecule is CC[C@H](C)[C@H](NC(=O)[C@H](CC(C)C)NC(=O)[C@H](Cc1cnc[nH]1)NC(=O)[C@H](Cc1ccc(O)cc1)NC(=O)[C@H](CCCCN)NC(=O)[C@H](CC(N)=O)NC(=O)[C@H](CCSC)NC(=O)CNC(=O)[C@H](CO)NC(=O)[C@H](CCCCN)NC(=O)[C@@H](N)CC(C)C)C(=O)N[C@@H](CS)C(=O)N[C@@H](CC(C)C)C(=O)N[C@@H](C)C(=O)N[C@@H](CC(C)C)C(=O)N[C@@H](CCSC)C(=O)O. The Balaban J connectivity index is 2.52. The average molecular weight is 1840 g/mol. The van der Waals surface area contributed by atoms with E-state index in [1.807, 2.05) is 13.8 Å². The molecule has 0 radical (unpaired) electrons. The molecule has 0 saturated heterocycles. The first-order valence-corrected chi connectivity index (χ1v) is 46.0. The van der Waals surface area contributed by atoms with Crippen LogP contribution in [0.4, 0.5) is 0 Å². The smallest absolute Gasteiger partial charge is 0.326 e. The molecule has 1 aromatic carbocycles. The van der Waals surface area contributed by atoms with E-state index in [0.717, 1.165) is 0 Å². The lowest BCUT2D eigenvalue weighted by Gasteiger charge is -2.30. The number of aliphatic hydroxyl groups excluding tert-OH is 1. The van der Waals surface area contributed by atoms with E-state index in [1.54, 1.807) is 67.9 Å². The van der Waals surface area contributed by atoms with Crippen LogP contribution in [0.5, 0.6) is 5.75 Å². The lowest BCUT2D eigenvalue weighted by Crippen LogP contribution is -2.62. The zero-order valence-corrected chi connectivity index (χ0v) is 77.1. The molecule has 1 heterocycles. The Labute approximate surface area is 751 Å². The number of aliphatic hydroxyl groups is 1. The number of aromatic amines is 1. The highest BCUT2D eigenvalue weighted by molar-refractivity contribution is 7.98. The molecule has 0 unspecified atom stereocenters. The van der Waals surface area contributed by atoms with Crippen LogP contribution >= 0.6 is 36.2 Å². The van der Waals surface area contributed by atoms with Gasteiger partial charge in [0.05, 0.1) is 31.9 Å². The summed E-state index contributed by atoms with van der Waals surface area (Å²) in [6.45, 7) is 17.8. The van der Waals surface area contributed by atoms with E-state index in [-0.39, 0.29) is 118 Å². The van der Waals surface area contributed by atoms with Crippen molar-refractivity contribution >= 4 is 137 Å². The Morgan fingerprint density at radius 3 is 1.30 bits per heavy atom. The van der Waals surface area contributed by atoms with Gasteiger partial charge in [-0.2, -0.15) is 36.2 Å².